The number of benzene rings is 1. The predicted molar refractivity (Wildman–Crippen MR) is 77.4 cm³/mol. The van der Waals surface area contributed by atoms with Gasteiger partial charge >= 0.3 is 0 Å². The third kappa shape index (κ3) is 6.33. The monoisotopic (exact) mass is 264 g/mol. The Hall–Kier alpha value is -1.43. The fourth-order valence-electron chi connectivity index (χ4n) is 1.76. The smallest absolute Gasteiger partial charge is 0.238 e. The Morgan fingerprint density at radius 1 is 1.11 bits per heavy atom. The van der Waals surface area contributed by atoms with Crippen LogP contribution in [0.1, 0.15) is 11.1 Å². The van der Waals surface area contributed by atoms with Crippen LogP contribution in [0.15, 0.2) is 24.3 Å². The van der Waals surface area contributed by atoms with E-state index in [1.54, 1.807) is 0 Å². The number of carbonyl (C=O) groups excluding carboxylic acids is 1. The second-order valence-corrected chi connectivity index (χ2v) is 5.10. The van der Waals surface area contributed by atoms with Gasteiger partial charge in [0.1, 0.15) is 0 Å². The van der Waals surface area contributed by atoms with E-state index >= 15 is 0 Å². The number of hydrogen-bond acceptors (Lipinski definition) is 4. The summed E-state index contributed by atoms with van der Waals surface area (Å²) in [7, 11) is 6.26. The van der Waals surface area contributed by atoms with Gasteiger partial charge in [-0.15, -0.1) is 0 Å². The molecule has 1 aromatic carbocycles. The van der Waals surface area contributed by atoms with Crippen molar-refractivity contribution in [2.45, 2.75) is 13.0 Å². The van der Waals surface area contributed by atoms with Gasteiger partial charge in [0.15, 0.2) is 0 Å². The van der Waals surface area contributed by atoms with Crippen molar-refractivity contribution in [3.63, 3.8) is 0 Å². The van der Waals surface area contributed by atoms with Crippen LogP contribution in [-0.4, -0.2) is 49.9 Å². The van der Waals surface area contributed by atoms with Crippen molar-refractivity contribution < 1.29 is 4.79 Å². The summed E-state index contributed by atoms with van der Waals surface area (Å²) in [5.41, 5.74) is 4.36. The Morgan fingerprint density at radius 2 is 1.68 bits per heavy atom. The van der Waals surface area contributed by atoms with Gasteiger partial charge in [0.25, 0.3) is 0 Å². The first-order valence-electron chi connectivity index (χ1n) is 6.42. The van der Waals surface area contributed by atoms with E-state index in [2.05, 4.69) is 48.5 Å². The molecule has 0 saturated carbocycles. The fraction of sp³-hybridized carbons (Fsp3) is 0.500. The topological polar surface area (TPSA) is 61.6 Å². The standard InChI is InChI=1S/C14H24N4O/c1-17(2)8-9-18(3)11-13-6-4-12(5-7-13)10-14(19)16-15/h4-7H,8-11,15H2,1-3H3,(H,16,19). The van der Waals surface area contributed by atoms with E-state index in [9.17, 15) is 4.79 Å². The van der Waals surface area contributed by atoms with Gasteiger partial charge in [-0.3, -0.25) is 10.2 Å². The van der Waals surface area contributed by atoms with Crippen LogP contribution in [0.2, 0.25) is 0 Å². The number of nitrogens with two attached hydrogens (primary N) is 1. The zero-order chi connectivity index (χ0) is 14.3. The van der Waals surface area contributed by atoms with Crippen LogP contribution < -0.4 is 11.3 Å². The van der Waals surface area contributed by atoms with Gasteiger partial charge in [0.05, 0.1) is 6.42 Å². The normalized spacial score (nSPS) is 11.1. The number of nitrogens with one attached hydrogen (secondary N) is 1. The Labute approximate surface area is 115 Å². The molecule has 0 fully saturated rings. The summed E-state index contributed by atoms with van der Waals surface area (Å²) in [6.07, 6.45) is 0.327. The van der Waals surface area contributed by atoms with E-state index in [4.69, 9.17) is 5.84 Å². The molecule has 0 bridgehead atoms. The molecule has 5 heteroatoms. The molecule has 3 N–H and O–H groups in total. The summed E-state index contributed by atoms with van der Waals surface area (Å²) in [6, 6.07) is 8.07. The van der Waals surface area contributed by atoms with Gasteiger partial charge in [-0.25, -0.2) is 5.84 Å². The molecule has 106 valence electrons. The average molecular weight is 264 g/mol. The molecule has 0 aromatic heterocycles. The lowest BCUT2D eigenvalue weighted by molar-refractivity contribution is -0.120. The van der Waals surface area contributed by atoms with Crippen LogP contribution in [0.3, 0.4) is 0 Å². The fourth-order valence-corrected chi connectivity index (χ4v) is 1.76. The molecular formula is C14H24N4O. The Balaban J connectivity index is 2.45. The van der Waals surface area contributed by atoms with Crippen molar-refractivity contribution >= 4 is 5.91 Å². The highest BCUT2D eigenvalue weighted by Crippen LogP contribution is 2.07. The minimum atomic E-state index is -0.171. The third-order valence-corrected chi connectivity index (χ3v) is 2.93. The van der Waals surface area contributed by atoms with E-state index in [0.717, 1.165) is 25.2 Å². The molecule has 0 radical (unpaired) electrons. The molecule has 0 spiro atoms. The maximum atomic E-state index is 11.1. The summed E-state index contributed by atoms with van der Waals surface area (Å²) in [6.45, 7) is 2.99. The number of rotatable bonds is 7. The van der Waals surface area contributed by atoms with Gasteiger partial charge < -0.3 is 9.80 Å². The summed E-state index contributed by atoms with van der Waals surface area (Å²) >= 11 is 0. The molecule has 1 amide bonds. The van der Waals surface area contributed by atoms with Gasteiger partial charge in [0.2, 0.25) is 5.91 Å². The van der Waals surface area contributed by atoms with Crippen LogP contribution in [0.25, 0.3) is 0 Å². The van der Waals surface area contributed by atoms with Gasteiger partial charge in [-0.1, -0.05) is 24.3 Å². The second-order valence-electron chi connectivity index (χ2n) is 5.10. The largest absolute Gasteiger partial charge is 0.308 e. The highest BCUT2D eigenvalue weighted by atomic mass is 16.2. The second kappa shape index (κ2) is 7.89. The van der Waals surface area contributed by atoms with Crippen LogP contribution in [0.4, 0.5) is 0 Å². The lowest BCUT2D eigenvalue weighted by Crippen LogP contribution is -2.31. The van der Waals surface area contributed by atoms with Gasteiger partial charge in [-0.2, -0.15) is 0 Å². The van der Waals surface area contributed by atoms with Crippen LogP contribution in [0, 0.1) is 0 Å². The Kier molecular flexibility index (Phi) is 6.49. The lowest BCUT2D eigenvalue weighted by Gasteiger charge is -2.19. The molecule has 5 nitrogen and oxygen atoms in total. The zero-order valence-corrected chi connectivity index (χ0v) is 12.0. The molecule has 0 saturated heterocycles. The third-order valence-electron chi connectivity index (χ3n) is 2.93. The van der Waals surface area contributed by atoms with E-state index in [1.165, 1.54) is 5.56 Å². The van der Waals surface area contributed by atoms with E-state index in [-0.39, 0.29) is 5.91 Å². The van der Waals surface area contributed by atoms with Crippen molar-refractivity contribution in [3.8, 4) is 0 Å². The molecular weight excluding hydrogens is 240 g/mol. The molecule has 0 heterocycles. The number of likely N-dealkylation sites (N-methyl/N-ethyl adjacent to an activating group) is 2. The molecule has 1 rings (SSSR count). The molecule has 0 aliphatic carbocycles. The van der Waals surface area contributed by atoms with Gasteiger partial charge in [-0.05, 0) is 32.3 Å². The lowest BCUT2D eigenvalue weighted by atomic mass is 10.1. The van der Waals surface area contributed by atoms with E-state index in [1.807, 2.05) is 12.1 Å². The highest BCUT2D eigenvalue weighted by Gasteiger charge is 2.03. The van der Waals surface area contributed by atoms with Crippen LogP contribution >= 0.6 is 0 Å². The number of amides is 1. The predicted octanol–water partition coefficient (Wildman–Crippen LogP) is 0.212. The quantitative estimate of drug-likeness (QED) is 0.420. The maximum Gasteiger partial charge on any atom is 0.238 e. The summed E-state index contributed by atoms with van der Waals surface area (Å²) in [4.78, 5) is 15.6. The van der Waals surface area contributed by atoms with Crippen molar-refractivity contribution in [2.24, 2.45) is 5.84 Å². The first-order valence-corrected chi connectivity index (χ1v) is 6.42. The molecule has 0 atom stereocenters. The molecule has 0 aliphatic heterocycles. The summed E-state index contributed by atoms with van der Waals surface area (Å²) in [5, 5.41) is 0. The van der Waals surface area contributed by atoms with Crippen molar-refractivity contribution in [1.82, 2.24) is 15.2 Å². The number of nitrogens with zero attached hydrogens (tertiary/aromatic N) is 2. The van der Waals surface area contributed by atoms with Gasteiger partial charge in [0, 0.05) is 19.6 Å². The number of hydrogen-bond donors (Lipinski definition) is 2. The van der Waals surface area contributed by atoms with Crippen LogP contribution in [-0.2, 0) is 17.8 Å². The molecule has 19 heavy (non-hydrogen) atoms. The molecule has 1 aromatic rings. The minimum absolute atomic E-state index is 0.171. The van der Waals surface area contributed by atoms with Crippen molar-refractivity contribution in [1.29, 1.82) is 0 Å². The average Bonchev–Trinajstić information content (AvgIpc) is 2.38. The zero-order valence-electron chi connectivity index (χ0n) is 12.0. The SMILES string of the molecule is CN(C)CCN(C)Cc1ccc(CC(=O)NN)cc1. The summed E-state index contributed by atoms with van der Waals surface area (Å²) < 4.78 is 0. The van der Waals surface area contributed by atoms with Crippen molar-refractivity contribution in [2.75, 3.05) is 34.2 Å². The number of carbonyl (C=O) groups is 1. The van der Waals surface area contributed by atoms with Crippen molar-refractivity contribution in [3.05, 3.63) is 35.4 Å². The van der Waals surface area contributed by atoms with Crippen LogP contribution in [0.5, 0.6) is 0 Å². The van der Waals surface area contributed by atoms with E-state index in [0.29, 0.717) is 6.42 Å². The molecule has 0 aliphatic rings. The first kappa shape index (κ1) is 15.6. The first-order chi connectivity index (χ1) is 9.01. The maximum absolute atomic E-state index is 11.1. The highest BCUT2D eigenvalue weighted by molar-refractivity contribution is 5.77. The Bertz CT molecular complexity index is 389. The van der Waals surface area contributed by atoms with E-state index < -0.39 is 0 Å². The number of hydrazine groups is 1. The Morgan fingerprint density at radius 3 is 2.21 bits per heavy atom. The molecule has 0 unspecified atom stereocenters. The minimum Gasteiger partial charge on any atom is -0.308 e. The summed E-state index contributed by atoms with van der Waals surface area (Å²) in [5.74, 6) is 4.89.